The Hall–Kier alpha value is -1.52. The van der Waals surface area contributed by atoms with Crippen molar-refractivity contribution in [1.82, 2.24) is 5.16 Å². The smallest absolute Gasteiger partial charge is 0.171 e. The Labute approximate surface area is 148 Å². The van der Waals surface area contributed by atoms with Gasteiger partial charge in [0.15, 0.2) is 5.58 Å². The minimum absolute atomic E-state index is 0.706. The number of fused-ring (bicyclic) bond motifs is 1. The lowest BCUT2D eigenvalue weighted by Crippen LogP contribution is -1.97. The Morgan fingerprint density at radius 2 is 1.87 bits per heavy atom. The number of hydrogen-bond donors (Lipinski definition) is 0. The maximum absolute atomic E-state index is 5.93. The first kappa shape index (κ1) is 16.3. The first-order valence-corrected chi connectivity index (χ1v) is 9.12. The second-order valence-electron chi connectivity index (χ2n) is 5.29. The van der Waals surface area contributed by atoms with Crippen LogP contribution in [0.2, 0.25) is 5.02 Å². The van der Waals surface area contributed by atoms with Gasteiger partial charge in [-0.05, 0) is 43.5 Å². The fraction of sp³-hybridized carbons (Fsp3) is 0.278. The van der Waals surface area contributed by atoms with Crippen LogP contribution in [0.5, 0.6) is 5.75 Å². The molecule has 0 atom stereocenters. The molecule has 1 aromatic heterocycles. The summed E-state index contributed by atoms with van der Waals surface area (Å²) in [6.07, 6.45) is 3.39. The molecule has 0 aliphatic carbocycles. The Balaban J connectivity index is 1.73. The molecule has 5 heteroatoms. The van der Waals surface area contributed by atoms with Crippen molar-refractivity contribution in [3.63, 3.8) is 0 Å². The molecule has 0 spiro atoms. The van der Waals surface area contributed by atoms with Gasteiger partial charge in [-0.1, -0.05) is 44.8 Å². The zero-order chi connectivity index (χ0) is 16.1. The van der Waals surface area contributed by atoms with Crippen molar-refractivity contribution in [2.24, 2.45) is 0 Å². The number of nitrogens with zero attached hydrogens (tertiary/aromatic N) is 1. The number of rotatable bonds is 7. The predicted octanol–water partition coefficient (Wildman–Crippen LogP) is 6.09. The van der Waals surface area contributed by atoms with E-state index in [1.165, 1.54) is 6.42 Å². The van der Waals surface area contributed by atoms with Gasteiger partial charge in [-0.15, -0.1) is 0 Å². The lowest BCUT2D eigenvalue weighted by atomic mass is 10.1. The highest BCUT2D eigenvalue weighted by Gasteiger charge is 2.11. The molecule has 3 nitrogen and oxygen atoms in total. The number of ether oxygens (including phenoxy) is 1. The minimum Gasteiger partial charge on any atom is -0.493 e. The molecule has 1 heterocycles. The number of alkyl halides is 1. The fourth-order valence-corrected chi connectivity index (χ4v) is 2.91. The Morgan fingerprint density at radius 3 is 2.65 bits per heavy atom. The third-order valence-electron chi connectivity index (χ3n) is 3.61. The average molecular weight is 395 g/mol. The van der Waals surface area contributed by atoms with Crippen LogP contribution in [0.1, 0.15) is 19.3 Å². The number of hydrogen-bond acceptors (Lipinski definition) is 3. The second-order valence-corrected chi connectivity index (χ2v) is 6.52. The molecule has 3 rings (SSSR count). The lowest BCUT2D eigenvalue weighted by Gasteiger charge is -2.05. The van der Waals surface area contributed by atoms with Crippen LogP contribution in [0.3, 0.4) is 0 Å². The monoisotopic (exact) mass is 393 g/mol. The summed E-state index contributed by atoms with van der Waals surface area (Å²) in [5.74, 6) is 0.815. The van der Waals surface area contributed by atoms with Gasteiger partial charge in [0.25, 0.3) is 0 Å². The van der Waals surface area contributed by atoms with Gasteiger partial charge in [-0.3, -0.25) is 0 Å². The molecule has 0 bridgehead atoms. The number of benzene rings is 2. The molecule has 0 aliphatic rings. The first-order valence-electron chi connectivity index (χ1n) is 7.62. The van der Waals surface area contributed by atoms with Gasteiger partial charge in [0.05, 0.1) is 6.61 Å². The Kier molecular flexibility index (Phi) is 5.57. The molecule has 3 aromatic rings. The highest BCUT2D eigenvalue weighted by atomic mass is 79.9. The van der Waals surface area contributed by atoms with Crippen LogP contribution in [-0.4, -0.2) is 17.1 Å². The largest absolute Gasteiger partial charge is 0.493 e. The van der Waals surface area contributed by atoms with Crippen molar-refractivity contribution in [2.45, 2.75) is 19.3 Å². The zero-order valence-electron chi connectivity index (χ0n) is 12.6. The third kappa shape index (κ3) is 4.06. The van der Waals surface area contributed by atoms with Gasteiger partial charge >= 0.3 is 0 Å². The summed E-state index contributed by atoms with van der Waals surface area (Å²) in [4.78, 5) is 0. The van der Waals surface area contributed by atoms with E-state index in [4.69, 9.17) is 20.9 Å². The molecule has 0 saturated carbocycles. The Bertz CT molecular complexity index is 770. The highest BCUT2D eigenvalue weighted by Crippen LogP contribution is 2.31. The summed E-state index contributed by atoms with van der Waals surface area (Å²) < 4.78 is 11.2. The maximum atomic E-state index is 5.93. The molecule has 23 heavy (non-hydrogen) atoms. The molecular weight excluding hydrogens is 378 g/mol. The van der Waals surface area contributed by atoms with Gasteiger partial charge in [0.1, 0.15) is 11.4 Å². The maximum Gasteiger partial charge on any atom is 0.171 e. The molecule has 0 fully saturated rings. The van der Waals surface area contributed by atoms with Crippen molar-refractivity contribution in [3.05, 3.63) is 47.5 Å². The molecule has 120 valence electrons. The SMILES string of the molecule is Clc1ccc(-c2noc3cc(OCCCCCBr)ccc23)cc1. The van der Waals surface area contributed by atoms with Crippen molar-refractivity contribution in [3.8, 4) is 17.0 Å². The van der Waals surface area contributed by atoms with Gasteiger partial charge in [0.2, 0.25) is 0 Å². The first-order chi connectivity index (χ1) is 11.3. The van der Waals surface area contributed by atoms with Gasteiger partial charge in [-0.2, -0.15) is 0 Å². The van der Waals surface area contributed by atoms with Crippen molar-refractivity contribution in [1.29, 1.82) is 0 Å². The summed E-state index contributed by atoms with van der Waals surface area (Å²) in [6.45, 7) is 0.719. The quantitative estimate of drug-likeness (QED) is 0.359. The number of unbranched alkanes of at least 4 members (excludes halogenated alkanes) is 2. The Morgan fingerprint density at radius 1 is 1.04 bits per heavy atom. The molecule has 0 amide bonds. The van der Waals surface area contributed by atoms with E-state index in [0.717, 1.165) is 52.8 Å². The summed E-state index contributed by atoms with van der Waals surface area (Å²) in [5, 5.41) is 6.90. The van der Waals surface area contributed by atoms with E-state index in [2.05, 4.69) is 21.1 Å². The molecule has 0 unspecified atom stereocenters. The van der Waals surface area contributed by atoms with Crippen molar-refractivity contribution in [2.75, 3.05) is 11.9 Å². The second kappa shape index (κ2) is 7.84. The molecule has 0 N–H and O–H groups in total. The lowest BCUT2D eigenvalue weighted by molar-refractivity contribution is 0.306. The van der Waals surface area contributed by atoms with E-state index in [1.807, 2.05) is 42.5 Å². The van der Waals surface area contributed by atoms with E-state index in [-0.39, 0.29) is 0 Å². The fourth-order valence-electron chi connectivity index (χ4n) is 2.39. The van der Waals surface area contributed by atoms with Crippen LogP contribution >= 0.6 is 27.5 Å². The normalized spacial score (nSPS) is 11.0. The summed E-state index contributed by atoms with van der Waals surface area (Å²) in [5.41, 5.74) is 2.53. The van der Waals surface area contributed by atoms with Crippen LogP contribution in [0.25, 0.3) is 22.2 Å². The van der Waals surface area contributed by atoms with Crippen LogP contribution in [0.15, 0.2) is 47.0 Å². The van der Waals surface area contributed by atoms with Crippen LogP contribution < -0.4 is 4.74 Å². The predicted molar refractivity (Wildman–Crippen MR) is 97.6 cm³/mol. The molecule has 0 aliphatic heterocycles. The van der Waals surface area contributed by atoms with Crippen LogP contribution in [-0.2, 0) is 0 Å². The number of halogens is 2. The topological polar surface area (TPSA) is 35.3 Å². The molecule has 0 saturated heterocycles. The number of aromatic nitrogens is 1. The van der Waals surface area contributed by atoms with Crippen molar-refractivity contribution < 1.29 is 9.26 Å². The van der Waals surface area contributed by atoms with Gasteiger partial charge in [0, 0.05) is 27.4 Å². The molecule has 2 aromatic carbocycles. The highest BCUT2D eigenvalue weighted by molar-refractivity contribution is 9.09. The summed E-state index contributed by atoms with van der Waals surface area (Å²) in [7, 11) is 0. The third-order valence-corrected chi connectivity index (χ3v) is 4.42. The molecular formula is C18H17BrClNO2. The summed E-state index contributed by atoms with van der Waals surface area (Å²) >= 11 is 9.36. The summed E-state index contributed by atoms with van der Waals surface area (Å²) in [6, 6.07) is 13.4. The average Bonchev–Trinajstić information content (AvgIpc) is 2.98. The standard InChI is InChI=1S/C18H17BrClNO2/c19-10-2-1-3-11-22-15-8-9-16-17(12-15)23-21-18(16)13-4-6-14(20)7-5-13/h4-9,12H,1-3,10-11H2. The van der Waals surface area contributed by atoms with Crippen LogP contribution in [0.4, 0.5) is 0 Å². The van der Waals surface area contributed by atoms with E-state index in [0.29, 0.717) is 5.02 Å². The molecule has 0 radical (unpaired) electrons. The minimum atomic E-state index is 0.706. The van der Waals surface area contributed by atoms with E-state index in [1.54, 1.807) is 0 Å². The van der Waals surface area contributed by atoms with Crippen LogP contribution in [0, 0.1) is 0 Å². The van der Waals surface area contributed by atoms with Crippen molar-refractivity contribution >= 4 is 38.5 Å². The van der Waals surface area contributed by atoms with E-state index < -0.39 is 0 Å². The van der Waals surface area contributed by atoms with E-state index in [9.17, 15) is 0 Å². The van der Waals surface area contributed by atoms with E-state index >= 15 is 0 Å². The van der Waals surface area contributed by atoms with Gasteiger partial charge in [-0.25, -0.2) is 0 Å². The zero-order valence-corrected chi connectivity index (χ0v) is 14.9. The van der Waals surface area contributed by atoms with Gasteiger partial charge < -0.3 is 9.26 Å².